The van der Waals surface area contributed by atoms with Crippen LogP contribution in [0, 0.1) is 0 Å². The highest BCUT2D eigenvalue weighted by atomic mass is 79.9. The molecular weight excluding hydrogens is 286 g/mol. The molecule has 1 aromatic rings. The zero-order chi connectivity index (χ0) is 12.8. The van der Waals surface area contributed by atoms with E-state index in [1.165, 1.54) is 7.11 Å². The summed E-state index contributed by atoms with van der Waals surface area (Å²) in [5, 5.41) is 3.05. The van der Waals surface area contributed by atoms with Crippen molar-refractivity contribution in [3.05, 3.63) is 22.7 Å². The normalized spacial score (nSPS) is 11.8. The Labute approximate surface area is 109 Å². The van der Waals surface area contributed by atoms with Gasteiger partial charge in [-0.3, -0.25) is 0 Å². The first kappa shape index (κ1) is 13.8. The minimum atomic E-state index is -0.416. The molecule has 0 fully saturated rings. The predicted octanol–water partition coefficient (Wildman–Crippen LogP) is 2.82. The zero-order valence-corrected chi connectivity index (χ0v) is 11.7. The average Bonchev–Trinajstić information content (AvgIpc) is 2.31. The maximum absolute atomic E-state index is 11.3. The lowest BCUT2D eigenvalue weighted by atomic mass is 10.2. The Morgan fingerprint density at radius 2 is 2.24 bits per heavy atom. The van der Waals surface area contributed by atoms with Crippen LogP contribution in [0.2, 0.25) is 0 Å². The Morgan fingerprint density at radius 3 is 2.82 bits per heavy atom. The lowest BCUT2D eigenvalue weighted by molar-refractivity contribution is -0.141. The number of anilines is 1. The molecule has 0 spiro atoms. The van der Waals surface area contributed by atoms with Gasteiger partial charge in [0.2, 0.25) is 0 Å². The first-order valence-electron chi connectivity index (χ1n) is 5.35. The van der Waals surface area contributed by atoms with Crippen molar-refractivity contribution in [1.29, 1.82) is 0 Å². The molecule has 1 aromatic carbocycles. The summed E-state index contributed by atoms with van der Waals surface area (Å²) in [5.74, 6) is 0.396. The Morgan fingerprint density at radius 1 is 1.53 bits per heavy atom. The summed E-state index contributed by atoms with van der Waals surface area (Å²) in [6, 6.07) is 5.18. The molecule has 94 valence electrons. The number of halogens is 1. The van der Waals surface area contributed by atoms with Crippen LogP contribution in [-0.4, -0.2) is 25.7 Å². The van der Waals surface area contributed by atoms with Gasteiger partial charge in [-0.05, 0) is 32.0 Å². The van der Waals surface area contributed by atoms with Crippen LogP contribution < -0.4 is 10.1 Å². The number of carbonyl (C=O) groups excluding carboxylic acids is 1. The van der Waals surface area contributed by atoms with Crippen LogP contribution in [0.15, 0.2) is 22.7 Å². The van der Waals surface area contributed by atoms with E-state index in [9.17, 15) is 4.79 Å². The predicted molar refractivity (Wildman–Crippen MR) is 70.4 cm³/mol. The van der Waals surface area contributed by atoms with Gasteiger partial charge < -0.3 is 14.8 Å². The van der Waals surface area contributed by atoms with Crippen molar-refractivity contribution in [2.45, 2.75) is 19.9 Å². The van der Waals surface area contributed by atoms with E-state index in [4.69, 9.17) is 4.74 Å². The van der Waals surface area contributed by atoms with Gasteiger partial charge in [0, 0.05) is 4.47 Å². The summed E-state index contributed by atoms with van der Waals surface area (Å²) in [6.45, 7) is 4.22. The molecule has 0 aliphatic rings. The lowest BCUT2D eigenvalue weighted by Crippen LogP contribution is -2.27. The van der Waals surface area contributed by atoms with E-state index >= 15 is 0 Å². The Bertz CT molecular complexity index is 395. The summed E-state index contributed by atoms with van der Waals surface area (Å²) in [6.07, 6.45) is 0. The number of hydrogen-bond donors (Lipinski definition) is 1. The van der Waals surface area contributed by atoms with E-state index in [0.29, 0.717) is 12.4 Å². The van der Waals surface area contributed by atoms with Crippen molar-refractivity contribution in [2.75, 3.05) is 19.0 Å². The number of hydrogen-bond acceptors (Lipinski definition) is 4. The van der Waals surface area contributed by atoms with E-state index in [1.807, 2.05) is 25.1 Å². The fourth-order valence-electron chi connectivity index (χ4n) is 1.36. The fraction of sp³-hybridized carbons (Fsp3) is 0.417. The van der Waals surface area contributed by atoms with Crippen LogP contribution in [0.1, 0.15) is 13.8 Å². The minimum absolute atomic E-state index is 0.310. The van der Waals surface area contributed by atoms with Crippen LogP contribution >= 0.6 is 15.9 Å². The van der Waals surface area contributed by atoms with E-state index in [0.717, 1.165) is 10.2 Å². The summed E-state index contributed by atoms with van der Waals surface area (Å²) in [7, 11) is 1.37. The summed E-state index contributed by atoms with van der Waals surface area (Å²) in [4.78, 5) is 11.3. The molecule has 0 bridgehead atoms. The molecule has 0 unspecified atom stereocenters. The van der Waals surface area contributed by atoms with Crippen LogP contribution in [-0.2, 0) is 9.53 Å². The molecule has 1 rings (SSSR count). The number of rotatable bonds is 5. The van der Waals surface area contributed by atoms with Gasteiger partial charge >= 0.3 is 5.97 Å². The molecule has 0 saturated carbocycles. The number of benzene rings is 1. The van der Waals surface area contributed by atoms with E-state index in [-0.39, 0.29) is 5.97 Å². The SMILES string of the molecule is CCOc1cc(Br)ccc1N[C@@H](C)C(=O)OC. The molecule has 1 atom stereocenters. The van der Waals surface area contributed by atoms with Crippen LogP contribution in [0.5, 0.6) is 5.75 Å². The highest BCUT2D eigenvalue weighted by molar-refractivity contribution is 9.10. The van der Waals surface area contributed by atoms with Crippen molar-refractivity contribution >= 4 is 27.6 Å². The van der Waals surface area contributed by atoms with Crippen LogP contribution in [0.4, 0.5) is 5.69 Å². The van der Waals surface area contributed by atoms with Crippen molar-refractivity contribution in [1.82, 2.24) is 0 Å². The van der Waals surface area contributed by atoms with Gasteiger partial charge in [-0.15, -0.1) is 0 Å². The molecule has 5 heteroatoms. The van der Waals surface area contributed by atoms with Gasteiger partial charge in [0.15, 0.2) is 0 Å². The average molecular weight is 302 g/mol. The number of ether oxygens (including phenoxy) is 2. The van der Waals surface area contributed by atoms with Crippen molar-refractivity contribution in [3.8, 4) is 5.75 Å². The van der Waals surface area contributed by atoms with Crippen LogP contribution in [0.25, 0.3) is 0 Å². The van der Waals surface area contributed by atoms with Crippen molar-refractivity contribution < 1.29 is 14.3 Å². The largest absolute Gasteiger partial charge is 0.492 e. The number of esters is 1. The highest BCUT2D eigenvalue weighted by Gasteiger charge is 2.14. The topological polar surface area (TPSA) is 47.6 Å². The van der Waals surface area contributed by atoms with Crippen molar-refractivity contribution in [3.63, 3.8) is 0 Å². The Balaban J connectivity index is 2.85. The lowest BCUT2D eigenvalue weighted by Gasteiger charge is -2.16. The molecule has 0 amide bonds. The first-order valence-corrected chi connectivity index (χ1v) is 6.14. The molecule has 0 aliphatic carbocycles. The van der Waals surface area contributed by atoms with E-state index in [2.05, 4.69) is 26.0 Å². The monoisotopic (exact) mass is 301 g/mol. The third kappa shape index (κ3) is 3.93. The van der Waals surface area contributed by atoms with Gasteiger partial charge in [-0.25, -0.2) is 4.79 Å². The quantitative estimate of drug-likeness (QED) is 0.850. The maximum Gasteiger partial charge on any atom is 0.327 e. The molecule has 17 heavy (non-hydrogen) atoms. The molecule has 0 heterocycles. The molecular formula is C12H16BrNO3. The van der Waals surface area contributed by atoms with Gasteiger partial charge in [-0.2, -0.15) is 0 Å². The third-order valence-corrected chi connectivity index (χ3v) is 2.66. The smallest absolute Gasteiger partial charge is 0.327 e. The number of nitrogens with one attached hydrogen (secondary N) is 1. The molecule has 0 saturated heterocycles. The highest BCUT2D eigenvalue weighted by Crippen LogP contribution is 2.28. The zero-order valence-electron chi connectivity index (χ0n) is 10.1. The molecule has 0 aromatic heterocycles. The van der Waals surface area contributed by atoms with Crippen molar-refractivity contribution in [2.24, 2.45) is 0 Å². The molecule has 4 nitrogen and oxygen atoms in total. The first-order chi connectivity index (χ1) is 8.08. The third-order valence-electron chi connectivity index (χ3n) is 2.17. The molecule has 1 N–H and O–H groups in total. The Kier molecular flexibility index (Phi) is 5.28. The van der Waals surface area contributed by atoms with Gasteiger partial charge in [0.1, 0.15) is 11.8 Å². The summed E-state index contributed by atoms with van der Waals surface area (Å²) in [5.41, 5.74) is 0.771. The fourth-order valence-corrected chi connectivity index (χ4v) is 1.70. The molecule has 0 aliphatic heterocycles. The summed E-state index contributed by atoms with van der Waals surface area (Å²) < 4.78 is 11.1. The minimum Gasteiger partial charge on any atom is -0.492 e. The summed E-state index contributed by atoms with van der Waals surface area (Å²) >= 11 is 3.38. The Hall–Kier alpha value is -1.23. The number of methoxy groups -OCH3 is 1. The second kappa shape index (κ2) is 6.49. The van der Waals surface area contributed by atoms with Gasteiger partial charge in [0.05, 0.1) is 19.4 Å². The van der Waals surface area contributed by atoms with E-state index < -0.39 is 6.04 Å². The standard InChI is InChI=1S/C12H16BrNO3/c1-4-17-11-7-9(13)5-6-10(11)14-8(2)12(15)16-3/h5-8,14H,4H2,1-3H3/t8-/m0/s1. The van der Waals surface area contributed by atoms with Gasteiger partial charge in [-0.1, -0.05) is 15.9 Å². The molecule has 0 radical (unpaired) electrons. The second-order valence-electron chi connectivity index (χ2n) is 3.46. The van der Waals surface area contributed by atoms with Gasteiger partial charge in [0.25, 0.3) is 0 Å². The maximum atomic E-state index is 11.3. The number of carbonyl (C=O) groups is 1. The van der Waals surface area contributed by atoms with E-state index in [1.54, 1.807) is 6.92 Å². The van der Waals surface area contributed by atoms with Crippen LogP contribution in [0.3, 0.4) is 0 Å². The second-order valence-corrected chi connectivity index (χ2v) is 4.38.